The largest absolute Gasteiger partial charge is 0.496 e. The van der Waals surface area contributed by atoms with Crippen LogP contribution in [-0.4, -0.2) is 31.6 Å². The monoisotopic (exact) mass is 411 g/mol. The van der Waals surface area contributed by atoms with Crippen LogP contribution in [0.4, 0.5) is 0 Å². The number of amides is 1. The van der Waals surface area contributed by atoms with Gasteiger partial charge in [0.25, 0.3) is 5.91 Å². The summed E-state index contributed by atoms with van der Waals surface area (Å²) in [7, 11) is 3.23. The van der Waals surface area contributed by atoms with Crippen molar-refractivity contribution in [2.45, 2.75) is 20.0 Å². The zero-order valence-electron chi connectivity index (χ0n) is 16.9. The van der Waals surface area contributed by atoms with Crippen molar-refractivity contribution in [3.05, 3.63) is 76.0 Å². The average Bonchev–Trinajstić information content (AvgIpc) is 3.26. The van der Waals surface area contributed by atoms with Gasteiger partial charge in [0.05, 0.1) is 33.9 Å². The maximum atomic E-state index is 13.4. The topological polar surface area (TPSA) is 48.0 Å². The molecule has 0 spiro atoms. The molecule has 5 nitrogen and oxygen atoms in total. The Morgan fingerprint density at radius 1 is 0.931 bits per heavy atom. The third kappa shape index (κ3) is 5.09. The molecule has 1 heterocycles. The van der Waals surface area contributed by atoms with Gasteiger partial charge in [0.2, 0.25) is 0 Å². The van der Waals surface area contributed by atoms with E-state index in [9.17, 15) is 4.79 Å². The molecule has 0 aliphatic heterocycles. The van der Waals surface area contributed by atoms with Crippen LogP contribution in [0.3, 0.4) is 0 Å². The Bertz CT molecular complexity index is 940. The molecule has 0 bridgehead atoms. The summed E-state index contributed by atoms with van der Waals surface area (Å²) in [6, 6.07) is 17.1. The molecule has 0 saturated heterocycles. The van der Waals surface area contributed by atoms with Crippen molar-refractivity contribution in [1.29, 1.82) is 0 Å². The van der Waals surface area contributed by atoms with E-state index in [0.717, 1.165) is 16.2 Å². The number of benzene rings is 2. The number of ether oxygens (including phenoxy) is 3. The normalized spacial score (nSPS) is 10.4. The van der Waals surface area contributed by atoms with E-state index in [1.165, 1.54) is 0 Å². The summed E-state index contributed by atoms with van der Waals surface area (Å²) in [5.74, 6) is 1.86. The lowest BCUT2D eigenvalue weighted by molar-refractivity contribution is 0.0730. The summed E-state index contributed by atoms with van der Waals surface area (Å²) >= 11 is 1.63. The molecular formula is C23H25NO4S. The second-order valence-electron chi connectivity index (χ2n) is 6.35. The fourth-order valence-corrected chi connectivity index (χ4v) is 3.81. The van der Waals surface area contributed by atoms with Gasteiger partial charge in [-0.15, -0.1) is 11.3 Å². The molecule has 0 aliphatic carbocycles. The van der Waals surface area contributed by atoms with Crippen LogP contribution in [0, 0.1) is 0 Å². The molecule has 2 aromatic carbocycles. The van der Waals surface area contributed by atoms with E-state index in [0.29, 0.717) is 36.8 Å². The summed E-state index contributed by atoms with van der Waals surface area (Å²) in [4.78, 5) is 16.4. The molecule has 152 valence electrons. The van der Waals surface area contributed by atoms with Crippen LogP contribution in [0.15, 0.2) is 60.0 Å². The van der Waals surface area contributed by atoms with Crippen LogP contribution < -0.4 is 14.2 Å². The van der Waals surface area contributed by atoms with Gasteiger partial charge in [-0.2, -0.15) is 0 Å². The number of rotatable bonds is 9. The van der Waals surface area contributed by atoms with Crippen molar-refractivity contribution in [2.75, 3.05) is 20.8 Å². The smallest absolute Gasteiger partial charge is 0.254 e. The van der Waals surface area contributed by atoms with Crippen molar-refractivity contribution in [2.24, 2.45) is 0 Å². The summed E-state index contributed by atoms with van der Waals surface area (Å²) in [5.41, 5.74) is 1.51. The molecule has 0 radical (unpaired) electrons. The van der Waals surface area contributed by atoms with Crippen molar-refractivity contribution in [3.63, 3.8) is 0 Å². The Kier molecular flexibility index (Phi) is 7.14. The molecule has 1 aromatic heterocycles. The number of para-hydroxylation sites is 1. The maximum Gasteiger partial charge on any atom is 0.254 e. The minimum Gasteiger partial charge on any atom is -0.496 e. The van der Waals surface area contributed by atoms with Gasteiger partial charge < -0.3 is 19.1 Å². The lowest BCUT2D eigenvalue weighted by atomic mass is 10.1. The zero-order valence-corrected chi connectivity index (χ0v) is 17.7. The fourth-order valence-electron chi connectivity index (χ4n) is 3.09. The standard InChI is InChI=1S/C23H25NO4S/c1-4-28-22-14-17(11-12-21(22)27-3)23(25)24(16-19-9-7-13-29-19)15-18-8-5-6-10-20(18)26-2/h5-14H,4,15-16H2,1-3H3. The van der Waals surface area contributed by atoms with Crippen molar-refractivity contribution < 1.29 is 19.0 Å². The van der Waals surface area contributed by atoms with Gasteiger partial charge in [-0.05, 0) is 42.6 Å². The first-order valence-electron chi connectivity index (χ1n) is 9.40. The second-order valence-corrected chi connectivity index (χ2v) is 7.38. The number of nitrogens with zero attached hydrogens (tertiary/aromatic N) is 1. The summed E-state index contributed by atoms with van der Waals surface area (Å²) in [5, 5.41) is 2.02. The number of carbonyl (C=O) groups excluding carboxylic acids is 1. The zero-order chi connectivity index (χ0) is 20.6. The average molecular weight is 412 g/mol. The minimum absolute atomic E-state index is 0.0760. The molecule has 0 aliphatic rings. The van der Waals surface area contributed by atoms with E-state index in [1.54, 1.807) is 43.8 Å². The highest BCUT2D eigenvalue weighted by atomic mass is 32.1. The van der Waals surface area contributed by atoms with Gasteiger partial charge in [0, 0.05) is 16.0 Å². The number of thiophene rings is 1. The Morgan fingerprint density at radius 3 is 2.41 bits per heavy atom. The number of hydrogen-bond donors (Lipinski definition) is 0. The molecule has 1 amide bonds. The first-order chi connectivity index (χ1) is 14.2. The van der Waals surface area contributed by atoms with Gasteiger partial charge >= 0.3 is 0 Å². The van der Waals surface area contributed by atoms with Gasteiger partial charge in [-0.3, -0.25) is 4.79 Å². The van der Waals surface area contributed by atoms with Crippen molar-refractivity contribution in [1.82, 2.24) is 4.90 Å². The van der Waals surface area contributed by atoms with Crippen LogP contribution in [0.2, 0.25) is 0 Å². The van der Waals surface area contributed by atoms with E-state index >= 15 is 0 Å². The molecule has 0 unspecified atom stereocenters. The maximum absolute atomic E-state index is 13.4. The molecular weight excluding hydrogens is 386 g/mol. The van der Waals surface area contributed by atoms with Crippen LogP contribution in [0.1, 0.15) is 27.7 Å². The van der Waals surface area contributed by atoms with E-state index in [1.807, 2.05) is 53.6 Å². The molecule has 29 heavy (non-hydrogen) atoms. The quantitative estimate of drug-likeness (QED) is 0.497. The molecule has 0 saturated carbocycles. The predicted octanol–water partition coefficient (Wildman–Crippen LogP) is 5.01. The Hall–Kier alpha value is -2.99. The molecule has 6 heteroatoms. The summed E-state index contributed by atoms with van der Waals surface area (Å²) in [6.07, 6.45) is 0. The van der Waals surface area contributed by atoms with E-state index in [4.69, 9.17) is 14.2 Å². The molecule has 0 fully saturated rings. The third-order valence-electron chi connectivity index (χ3n) is 4.48. The van der Waals surface area contributed by atoms with Crippen molar-refractivity contribution >= 4 is 17.2 Å². The van der Waals surface area contributed by atoms with Crippen molar-refractivity contribution in [3.8, 4) is 17.2 Å². The highest BCUT2D eigenvalue weighted by Crippen LogP contribution is 2.30. The lowest BCUT2D eigenvalue weighted by Gasteiger charge is -2.24. The van der Waals surface area contributed by atoms with Crippen LogP contribution >= 0.6 is 11.3 Å². The first-order valence-corrected chi connectivity index (χ1v) is 10.3. The van der Waals surface area contributed by atoms with Gasteiger partial charge in [-0.1, -0.05) is 24.3 Å². The van der Waals surface area contributed by atoms with Crippen LogP contribution in [0.5, 0.6) is 17.2 Å². The highest BCUT2D eigenvalue weighted by molar-refractivity contribution is 7.09. The number of methoxy groups -OCH3 is 2. The second kappa shape index (κ2) is 9.98. The number of carbonyl (C=O) groups is 1. The Balaban J connectivity index is 1.92. The Morgan fingerprint density at radius 2 is 1.72 bits per heavy atom. The SMILES string of the molecule is CCOc1cc(C(=O)N(Cc2cccs2)Cc2ccccc2OC)ccc1OC. The lowest BCUT2D eigenvalue weighted by Crippen LogP contribution is -2.30. The molecule has 0 N–H and O–H groups in total. The van der Waals surface area contributed by atoms with Crippen LogP contribution in [-0.2, 0) is 13.1 Å². The molecule has 3 rings (SSSR count). The third-order valence-corrected chi connectivity index (χ3v) is 5.34. The fraction of sp³-hybridized carbons (Fsp3) is 0.261. The highest BCUT2D eigenvalue weighted by Gasteiger charge is 2.20. The summed E-state index contributed by atoms with van der Waals surface area (Å²) < 4.78 is 16.5. The van der Waals surface area contributed by atoms with Gasteiger partial charge in [-0.25, -0.2) is 0 Å². The van der Waals surface area contributed by atoms with Crippen LogP contribution in [0.25, 0.3) is 0 Å². The minimum atomic E-state index is -0.0760. The first kappa shape index (κ1) is 20.7. The van der Waals surface area contributed by atoms with E-state index in [2.05, 4.69) is 0 Å². The molecule has 0 atom stereocenters. The van der Waals surface area contributed by atoms with Gasteiger partial charge in [0.1, 0.15) is 5.75 Å². The molecule has 3 aromatic rings. The van der Waals surface area contributed by atoms with E-state index < -0.39 is 0 Å². The van der Waals surface area contributed by atoms with Gasteiger partial charge in [0.15, 0.2) is 11.5 Å². The predicted molar refractivity (Wildman–Crippen MR) is 115 cm³/mol. The Labute approximate surface area is 175 Å². The number of hydrogen-bond acceptors (Lipinski definition) is 5. The summed E-state index contributed by atoms with van der Waals surface area (Å²) in [6.45, 7) is 3.36. The van der Waals surface area contributed by atoms with E-state index in [-0.39, 0.29) is 5.91 Å².